The van der Waals surface area contributed by atoms with Gasteiger partial charge < -0.3 is 14.2 Å². The van der Waals surface area contributed by atoms with E-state index in [1.807, 2.05) is 24.5 Å². The van der Waals surface area contributed by atoms with Crippen LogP contribution < -0.4 is 0 Å². The summed E-state index contributed by atoms with van der Waals surface area (Å²) in [6.07, 6.45) is 7.86. The second kappa shape index (κ2) is 7.61. The van der Waals surface area contributed by atoms with Crippen LogP contribution >= 0.6 is 0 Å². The molecule has 1 aliphatic carbocycles. The molecule has 162 valence electrons. The Hall–Kier alpha value is -2.88. The van der Waals surface area contributed by atoms with Crippen molar-refractivity contribution in [2.75, 3.05) is 0 Å². The molecular weight excluding hydrogens is 396 g/mol. The summed E-state index contributed by atoms with van der Waals surface area (Å²) < 4.78 is 20.3. The minimum atomic E-state index is -0.704. The van der Waals surface area contributed by atoms with Gasteiger partial charge in [-0.25, -0.2) is 0 Å². The van der Waals surface area contributed by atoms with Crippen molar-refractivity contribution >= 4 is 0 Å². The molecule has 6 rings (SSSR count). The predicted molar refractivity (Wildman–Crippen MR) is 123 cm³/mol. The lowest BCUT2D eigenvalue weighted by Crippen LogP contribution is -2.55. The summed E-state index contributed by atoms with van der Waals surface area (Å²) in [5.74, 6) is 0. The standard InChI is InChI=1S/C29H28O3/c1-4-12-23(13-5-1)22-30-26-29(25-16-8-3-9-17-25)27(18-10-11-19-27)28(32-26,20-21-31-29)24-14-6-2-7-15-24/h1-9,12-17,20-21,26H,10-11,18-19,22H2/t26-,28+,29-/m0/s1. The Morgan fingerprint density at radius 1 is 0.750 bits per heavy atom. The van der Waals surface area contributed by atoms with Crippen LogP contribution in [0.4, 0.5) is 0 Å². The second-order valence-electron chi connectivity index (χ2n) is 9.16. The average Bonchev–Trinajstić information content (AvgIpc) is 3.38. The van der Waals surface area contributed by atoms with Gasteiger partial charge in [-0.1, -0.05) is 104 Å². The van der Waals surface area contributed by atoms with Crippen LogP contribution in [0.2, 0.25) is 0 Å². The summed E-state index contributed by atoms with van der Waals surface area (Å²) in [4.78, 5) is 0. The normalized spacial score (nSPS) is 29.8. The van der Waals surface area contributed by atoms with Gasteiger partial charge in [0.15, 0.2) is 5.60 Å². The maximum atomic E-state index is 7.04. The summed E-state index contributed by atoms with van der Waals surface area (Å²) in [5, 5.41) is 0. The highest BCUT2D eigenvalue weighted by Crippen LogP contribution is 2.72. The van der Waals surface area contributed by atoms with Crippen molar-refractivity contribution in [1.29, 1.82) is 0 Å². The number of hydrogen-bond donors (Lipinski definition) is 0. The fourth-order valence-corrected chi connectivity index (χ4v) is 6.38. The lowest BCUT2D eigenvalue weighted by Gasteiger charge is -2.51. The molecule has 32 heavy (non-hydrogen) atoms. The predicted octanol–water partition coefficient (Wildman–Crippen LogP) is 6.45. The first kappa shape index (κ1) is 19.8. The van der Waals surface area contributed by atoms with Crippen molar-refractivity contribution in [3.63, 3.8) is 0 Å². The zero-order valence-electron chi connectivity index (χ0n) is 18.2. The zero-order chi connectivity index (χ0) is 21.5. The monoisotopic (exact) mass is 424 g/mol. The van der Waals surface area contributed by atoms with Gasteiger partial charge in [0.05, 0.1) is 18.3 Å². The third kappa shape index (κ3) is 2.61. The number of ether oxygens (including phenoxy) is 3. The Morgan fingerprint density at radius 2 is 1.34 bits per heavy atom. The van der Waals surface area contributed by atoms with Crippen molar-refractivity contribution in [3.8, 4) is 0 Å². The van der Waals surface area contributed by atoms with Gasteiger partial charge in [-0.3, -0.25) is 0 Å². The van der Waals surface area contributed by atoms with Gasteiger partial charge in [0, 0.05) is 5.56 Å². The molecule has 2 heterocycles. The molecule has 3 heteroatoms. The number of rotatable bonds is 5. The van der Waals surface area contributed by atoms with Gasteiger partial charge in [0.1, 0.15) is 5.60 Å². The largest absolute Gasteiger partial charge is 0.484 e. The highest BCUT2D eigenvalue weighted by molar-refractivity contribution is 5.43. The van der Waals surface area contributed by atoms with E-state index in [0.29, 0.717) is 6.61 Å². The highest BCUT2D eigenvalue weighted by Gasteiger charge is 2.77. The van der Waals surface area contributed by atoms with E-state index in [9.17, 15) is 0 Å². The smallest absolute Gasteiger partial charge is 0.204 e. The fourth-order valence-electron chi connectivity index (χ4n) is 6.38. The molecule has 0 unspecified atom stereocenters. The minimum Gasteiger partial charge on any atom is -0.484 e. The fraction of sp³-hybridized carbons (Fsp3) is 0.310. The van der Waals surface area contributed by atoms with Crippen LogP contribution in [0.15, 0.2) is 103 Å². The van der Waals surface area contributed by atoms with Crippen LogP contribution in [-0.4, -0.2) is 6.29 Å². The molecule has 0 aromatic heterocycles. The lowest BCUT2D eigenvalue weighted by molar-refractivity contribution is -0.220. The summed E-state index contributed by atoms with van der Waals surface area (Å²) in [6.45, 7) is 0.477. The Kier molecular flexibility index (Phi) is 4.71. The zero-order valence-corrected chi connectivity index (χ0v) is 18.2. The molecule has 3 aromatic rings. The molecule has 2 aliphatic heterocycles. The molecule has 1 saturated heterocycles. The third-order valence-corrected chi connectivity index (χ3v) is 7.71. The lowest BCUT2D eigenvalue weighted by atomic mass is 9.57. The van der Waals surface area contributed by atoms with E-state index >= 15 is 0 Å². The Morgan fingerprint density at radius 3 is 2.00 bits per heavy atom. The Labute approximate surface area is 189 Å². The molecule has 1 saturated carbocycles. The third-order valence-electron chi connectivity index (χ3n) is 7.71. The van der Waals surface area contributed by atoms with Crippen LogP contribution in [0.3, 0.4) is 0 Å². The van der Waals surface area contributed by atoms with Gasteiger partial charge in [-0.15, -0.1) is 0 Å². The van der Waals surface area contributed by atoms with Gasteiger partial charge >= 0.3 is 0 Å². The van der Waals surface area contributed by atoms with E-state index < -0.39 is 17.5 Å². The van der Waals surface area contributed by atoms with Crippen molar-refractivity contribution in [2.24, 2.45) is 5.41 Å². The van der Waals surface area contributed by atoms with Crippen molar-refractivity contribution < 1.29 is 14.2 Å². The van der Waals surface area contributed by atoms with E-state index in [4.69, 9.17) is 14.2 Å². The number of hydrogen-bond acceptors (Lipinski definition) is 3. The molecule has 0 radical (unpaired) electrons. The van der Waals surface area contributed by atoms with Crippen LogP contribution in [0.1, 0.15) is 42.4 Å². The van der Waals surface area contributed by atoms with E-state index in [1.165, 1.54) is 5.56 Å². The van der Waals surface area contributed by atoms with Crippen molar-refractivity contribution in [1.82, 2.24) is 0 Å². The van der Waals surface area contributed by atoms with Crippen LogP contribution in [0, 0.1) is 5.41 Å². The summed E-state index contributed by atoms with van der Waals surface area (Å²) in [5.41, 5.74) is 1.90. The first-order chi connectivity index (χ1) is 15.8. The topological polar surface area (TPSA) is 27.7 Å². The van der Waals surface area contributed by atoms with Gasteiger partial charge in [0.2, 0.25) is 6.29 Å². The Bertz CT molecular complexity index is 1090. The quantitative estimate of drug-likeness (QED) is 0.471. The van der Waals surface area contributed by atoms with Gasteiger partial charge in [-0.05, 0) is 30.0 Å². The summed E-state index contributed by atoms with van der Waals surface area (Å²) in [6, 6.07) is 31.5. The number of benzene rings is 3. The minimum absolute atomic E-state index is 0.237. The SMILES string of the molecule is C1=C[C@]2(c3ccccc3)O[C@H](OCc3ccccc3)[C@](c3ccccc3)(O1)C21CCCC1. The molecule has 1 spiro atoms. The van der Waals surface area contributed by atoms with Crippen LogP contribution in [-0.2, 0) is 32.0 Å². The van der Waals surface area contributed by atoms with E-state index in [1.54, 1.807) is 0 Å². The van der Waals surface area contributed by atoms with Crippen molar-refractivity contribution in [2.45, 2.75) is 49.8 Å². The van der Waals surface area contributed by atoms with Gasteiger partial charge in [-0.2, -0.15) is 0 Å². The first-order valence-corrected chi connectivity index (χ1v) is 11.6. The molecule has 3 atom stereocenters. The van der Waals surface area contributed by atoms with Gasteiger partial charge in [0.25, 0.3) is 0 Å². The molecule has 0 amide bonds. The summed E-state index contributed by atoms with van der Waals surface area (Å²) >= 11 is 0. The molecule has 2 bridgehead atoms. The molecule has 3 aromatic carbocycles. The molecule has 3 aliphatic rings. The first-order valence-electron chi connectivity index (χ1n) is 11.6. The maximum absolute atomic E-state index is 7.04. The molecule has 3 nitrogen and oxygen atoms in total. The molecule has 0 N–H and O–H groups in total. The molecular formula is C29H28O3. The van der Waals surface area contributed by atoms with Crippen LogP contribution in [0.5, 0.6) is 0 Å². The van der Waals surface area contributed by atoms with E-state index in [-0.39, 0.29) is 5.41 Å². The second-order valence-corrected chi connectivity index (χ2v) is 9.16. The maximum Gasteiger partial charge on any atom is 0.204 e. The van der Waals surface area contributed by atoms with Crippen molar-refractivity contribution in [3.05, 3.63) is 120 Å². The Balaban J connectivity index is 1.53. The van der Waals surface area contributed by atoms with E-state index in [2.05, 4.69) is 78.9 Å². The molecule has 2 fully saturated rings. The highest BCUT2D eigenvalue weighted by atomic mass is 16.7. The van der Waals surface area contributed by atoms with Crippen LogP contribution in [0.25, 0.3) is 0 Å². The summed E-state index contributed by atoms with van der Waals surface area (Å²) in [7, 11) is 0. The van der Waals surface area contributed by atoms with E-state index in [0.717, 1.165) is 36.8 Å². The average molecular weight is 425 g/mol.